The molecule has 46 heavy (non-hydrogen) atoms. The quantitative estimate of drug-likeness (QED) is 0.148. The van der Waals surface area contributed by atoms with Gasteiger partial charge in [-0.3, -0.25) is 29.4 Å². The van der Waals surface area contributed by atoms with E-state index in [9.17, 15) is 24.5 Å². The van der Waals surface area contributed by atoms with Crippen LogP contribution in [0.5, 0.6) is 11.5 Å². The summed E-state index contributed by atoms with van der Waals surface area (Å²) in [6.07, 6.45) is 0.758. The molecular formula is C34H29N3O7S2. The van der Waals surface area contributed by atoms with Gasteiger partial charge in [0, 0.05) is 28.2 Å². The number of anilines is 1. The number of hydrogen-bond acceptors (Lipinski definition) is 9. The Hall–Kier alpha value is -4.42. The van der Waals surface area contributed by atoms with Gasteiger partial charge in [0.05, 0.1) is 34.6 Å². The highest BCUT2D eigenvalue weighted by Gasteiger charge is 2.69. The molecule has 1 N–H and O–H groups in total. The van der Waals surface area contributed by atoms with E-state index in [1.165, 1.54) is 40.5 Å². The normalized spacial score (nSPS) is 27.3. The minimum Gasteiger partial charge on any atom is -0.493 e. The van der Waals surface area contributed by atoms with E-state index >= 15 is 0 Å². The number of carbonyl (C=O) groups excluding carboxylic acids is 2. The highest BCUT2D eigenvalue weighted by molar-refractivity contribution is 8.00. The standard InChI is InChI=1S/C34H29N3O7S2/c1-16-5-3-4-6-18(16)15-44-23-12-7-17(13-24(23)43-2)25-26-21-14-22(29(26)45-31-30(25)46-34(40)35-31)28-27(21)32(38)36(33(28)39)19-8-10-20(11-9-19)37(41)42/h3-13,21-22,25-29H,14-15H2,1-2H3,(H,35,40)/t21-,22-,25?,26?,27?,28?,29?/m1/s1. The number of imide groups is 1. The van der Waals surface area contributed by atoms with Gasteiger partial charge in [-0.25, -0.2) is 0 Å². The predicted molar refractivity (Wildman–Crippen MR) is 173 cm³/mol. The number of nitrogens with one attached hydrogen (secondary N) is 1. The molecule has 12 heteroatoms. The number of fused-ring (bicyclic) bond motifs is 9. The third-order valence-corrected chi connectivity index (χ3v) is 12.8. The topological polar surface area (TPSA) is 132 Å². The van der Waals surface area contributed by atoms with Crippen molar-refractivity contribution in [2.24, 2.45) is 29.6 Å². The molecule has 3 heterocycles. The molecule has 7 atom stereocenters. The fourth-order valence-electron chi connectivity index (χ4n) is 8.29. The number of aryl methyl sites for hydroxylation is 1. The van der Waals surface area contributed by atoms with Crippen LogP contribution < -0.4 is 19.2 Å². The van der Waals surface area contributed by atoms with E-state index < -0.39 is 16.8 Å². The van der Waals surface area contributed by atoms with E-state index in [1.807, 2.05) is 49.4 Å². The fraction of sp³-hybridized carbons (Fsp3) is 0.324. The molecule has 2 aliphatic heterocycles. The van der Waals surface area contributed by atoms with E-state index in [-0.39, 0.29) is 51.3 Å². The molecule has 234 valence electrons. The largest absolute Gasteiger partial charge is 0.493 e. The summed E-state index contributed by atoms with van der Waals surface area (Å²) in [6, 6.07) is 19.6. The molecule has 0 radical (unpaired) electrons. The zero-order valence-electron chi connectivity index (χ0n) is 24.9. The molecule has 1 aromatic heterocycles. The fourth-order valence-corrected chi connectivity index (χ4v) is 11.2. The van der Waals surface area contributed by atoms with Crippen molar-refractivity contribution in [3.05, 3.63) is 108 Å². The van der Waals surface area contributed by atoms with E-state index in [4.69, 9.17) is 9.47 Å². The van der Waals surface area contributed by atoms with Crippen LogP contribution in [-0.4, -0.2) is 34.1 Å². The number of H-pyrrole nitrogens is 1. The summed E-state index contributed by atoms with van der Waals surface area (Å²) in [7, 11) is 1.61. The van der Waals surface area contributed by atoms with Crippen LogP contribution in [0.2, 0.25) is 0 Å². The Balaban J connectivity index is 1.14. The van der Waals surface area contributed by atoms with Gasteiger partial charge in [0.2, 0.25) is 11.8 Å². The molecule has 4 aliphatic rings. The van der Waals surface area contributed by atoms with Crippen molar-refractivity contribution in [2.45, 2.75) is 36.1 Å². The summed E-state index contributed by atoms with van der Waals surface area (Å²) in [6.45, 7) is 2.44. The van der Waals surface area contributed by atoms with E-state index in [2.05, 4.69) is 4.98 Å². The van der Waals surface area contributed by atoms with Crippen LogP contribution in [0.3, 0.4) is 0 Å². The number of nitro groups is 1. The Kier molecular flexibility index (Phi) is 6.84. The summed E-state index contributed by atoms with van der Waals surface area (Å²) in [5.41, 5.74) is 3.45. The maximum Gasteiger partial charge on any atom is 0.305 e. The average Bonchev–Trinajstić information content (AvgIpc) is 3.79. The molecule has 3 aromatic carbocycles. The maximum absolute atomic E-state index is 14.0. The summed E-state index contributed by atoms with van der Waals surface area (Å²) in [4.78, 5) is 56.3. The lowest BCUT2D eigenvalue weighted by Crippen LogP contribution is -2.42. The minimum atomic E-state index is -0.505. The SMILES string of the molecule is COc1cc(C2c3sc(=O)[nH]c3SC3C2[C@H]2C[C@@H]3C3C(=O)N(c4ccc([N+](=O)[O-])cc4)C(=O)C32)ccc1OCc1ccccc1C. The van der Waals surface area contributed by atoms with Gasteiger partial charge < -0.3 is 14.5 Å². The summed E-state index contributed by atoms with van der Waals surface area (Å²) in [5, 5.41) is 12.0. The molecule has 2 saturated carbocycles. The van der Waals surface area contributed by atoms with Crippen molar-refractivity contribution in [3.63, 3.8) is 0 Å². The molecule has 0 spiro atoms. The third kappa shape index (κ3) is 4.33. The van der Waals surface area contributed by atoms with Crippen molar-refractivity contribution in [2.75, 3.05) is 12.0 Å². The number of ether oxygens (including phenoxy) is 2. The summed E-state index contributed by atoms with van der Waals surface area (Å²) >= 11 is 2.83. The molecule has 4 aromatic rings. The number of rotatable bonds is 7. The van der Waals surface area contributed by atoms with Gasteiger partial charge in [0.1, 0.15) is 6.61 Å². The Bertz CT molecular complexity index is 1970. The van der Waals surface area contributed by atoms with Gasteiger partial charge in [-0.2, -0.15) is 0 Å². The van der Waals surface area contributed by atoms with Gasteiger partial charge in [0.25, 0.3) is 5.69 Å². The molecule has 2 bridgehead atoms. The summed E-state index contributed by atoms with van der Waals surface area (Å²) < 4.78 is 12.0. The zero-order chi connectivity index (χ0) is 31.9. The molecule has 3 fully saturated rings. The first kappa shape index (κ1) is 29.0. The number of amides is 2. The monoisotopic (exact) mass is 655 g/mol. The predicted octanol–water partition coefficient (Wildman–Crippen LogP) is 5.92. The van der Waals surface area contributed by atoms with Gasteiger partial charge in [0.15, 0.2) is 11.5 Å². The number of nitro benzene ring substituents is 1. The highest BCUT2D eigenvalue weighted by atomic mass is 32.2. The van der Waals surface area contributed by atoms with Crippen LogP contribution in [0.1, 0.15) is 33.9 Å². The second kappa shape index (κ2) is 10.8. The number of thioether (sulfide) groups is 1. The second-order valence-corrected chi connectivity index (χ2v) is 14.6. The van der Waals surface area contributed by atoms with Gasteiger partial charge in [-0.15, -0.1) is 11.8 Å². The second-order valence-electron chi connectivity index (χ2n) is 12.4. The number of non-ortho nitro benzene ring substituents is 1. The van der Waals surface area contributed by atoms with Crippen molar-refractivity contribution in [1.29, 1.82) is 0 Å². The zero-order valence-corrected chi connectivity index (χ0v) is 26.5. The number of thiazole rings is 1. The maximum atomic E-state index is 14.0. The van der Waals surface area contributed by atoms with Crippen molar-refractivity contribution >= 4 is 46.3 Å². The molecule has 10 nitrogen and oxygen atoms in total. The molecule has 2 aliphatic carbocycles. The number of nitrogens with zero attached hydrogens (tertiary/aromatic N) is 2. The van der Waals surface area contributed by atoms with Crippen LogP contribution >= 0.6 is 23.1 Å². The van der Waals surface area contributed by atoms with Crippen molar-refractivity contribution in [3.8, 4) is 11.5 Å². The van der Waals surface area contributed by atoms with Gasteiger partial charge in [-0.1, -0.05) is 41.7 Å². The smallest absolute Gasteiger partial charge is 0.305 e. The third-order valence-electron chi connectivity index (χ3n) is 10.2. The first-order valence-corrected chi connectivity index (χ1v) is 16.8. The van der Waals surface area contributed by atoms with Gasteiger partial charge >= 0.3 is 4.87 Å². The number of methoxy groups -OCH3 is 1. The number of hydrogen-bond donors (Lipinski definition) is 1. The van der Waals surface area contributed by atoms with Crippen LogP contribution in [-0.2, 0) is 16.2 Å². The first-order valence-electron chi connectivity index (χ1n) is 15.1. The van der Waals surface area contributed by atoms with Gasteiger partial charge in [-0.05, 0) is 72.1 Å². The van der Waals surface area contributed by atoms with Crippen molar-refractivity contribution < 1.29 is 24.0 Å². The Morgan fingerprint density at radius 2 is 1.72 bits per heavy atom. The lowest BCUT2D eigenvalue weighted by molar-refractivity contribution is -0.384. The average molecular weight is 656 g/mol. The molecule has 5 unspecified atom stereocenters. The van der Waals surface area contributed by atoms with Crippen LogP contribution in [0.15, 0.2) is 76.6 Å². The molecular weight excluding hydrogens is 627 g/mol. The first-order chi connectivity index (χ1) is 22.2. The van der Waals surface area contributed by atoms with Crippen LogP contribution in [0.25, 0.3) is 0 Å². The molecule has 1 saturated heterocycles. The van der Waals surface area contributed by atoms with Crippen molar-refractivity contribution in [1.82, 2.24) is 4.98 Å². The number of aromatic amines is 1. The molecule has 2 amide bonds. The van der Waals surface area contributed by atoms with E-state index in [0.29, 0.717) is 23.8 Å². The van der Waals surface area contributed by atoms with Crippen LogP contribution in [0, 0.1) is 46.6 Å². The number of carbonyl (C=O) groups is 2. The lowest BCUT2D eigenvalue weighted by Gasteiger charge is -2.43. The number of benzene rings is 3. The Morgan fingerprint density at radius 3 is 2.43 bits per heavy atom. The lowest BCUT2D eigenvalue weighted by atomic mass is 9.68. The van der Waals surface area contributed by atoms with Crippen LogP contribution in [0.4, 0.5) is 11.4 Å². The highest BCUT2D eigenvalue weighted by Crippen LogP contribution is 2.68. The Morgan fingerprint density at radius 1 is 0.978 bits per heavy atom. The summed E-state index contributed by atoms with van der Waals surface area (Å²) in [5.74, 6) is -0.479. The van der Waals surface area contributed by atoms with E-state index in [0.717, 1.165) is 33.0 Å². The van der Waals surface area contributed by atoms with E-state index in [1.54, 1.807) is 18.9 Å². The Labute approximate surface area is 271 Å². The number of aromatic nitrogens is 1. The minimum absolute atomic E-state index is 0.0206. The molecule has 8 rings (SSSR count).